The van der Waals surface area contributed by atoms with Crippen LogP contribution in [-0.2, 0) is 9.59 Å². The molecule has 32 heavy (non-hydrogen) atoms. The van der Waals surface area contributed by atoms with Gasteiger partial charge in [0.1, 0.15) is 9.98 Å². The molecule has 0 N–H and O–H groups in total. The fourth-order valence-corrected chi connectivity index (χ4v) is 6.35. The van der Waals surface area contributed by atoms with Crippen molar-refractivity contribution in [2.45, 2.75) is 40.5 Å². The third-order valence-corrected chi connectivity index (χ3v) is 8.47. The van der Waals surface area contributed by atoms with E-state index in [-0.39, 0.29) is 58.2 Å². The van der Waals surface area contributed by atoms with Crippen molar-refractivity contribution in [3.8, 4) is 0 Å². The van der Waals surface area contributed by atoms with Crippen LogP contribution in [0.4, 0.5) is 9.59 Å². The van der Waals surface area contributed by atoms with Gasteiger partial charge in [-0.2, -0.15) is 0 Å². The Labute approximate surface area is 208 Å². The molecule has 0 unspecified atom stereocenters. The summed E-state index contributed by atoms with van der Waals surface area (Å²) in [5.41, 5.74) is 0. The summed E-state index contributed by atoms with van der Waals surface area (Å²) in [6.07, 6.45) is 0.347. The first kappa shape index (κ1) is 26.7. The highest BCUT2D eigenvalue weighted by atomic mass is 32.2. The number of hydrogen-bond donors (Lipinski definition) is 0. The van der Waals surface area contributed by atoms with Crippen molar-refractivity contribution >= 4 is 80.2 Å². The Morgan fingerprint density at radius 2 is 1.03 bits per heavy atom. The van der Waals surface area contributed by atoms with Crippen molar-refractivity contribution in [1.29, 1.82) is 0 Å². The zero-order valence-corrected chi connectivity index (χ0v) is 22.0. The second-order valence-electron chi connectivity index (χ2n) is 6.94. The minimum atomic E-state index is -0.282. The molecule has 2 saturated heterocycles. The van der Waals surface area contributed by atoms with E-state index in [4.69, 9.17) is 24.4 Å². The lowest BCUT2D eigenvalue weighted by Gasteiger charge is -2.21. The van der Waals surface area contributed by atoms with Crippen LogP contribution in [0.5, 0.6) is 0 Å². The molecule has 0 saturated carbocycles. The molecule has 176 valence electrons. The zero-order chi connectivity index (χ0) is 24.0. The molecule has 2 aliphatic heterocycles. The van der Waals surface area contributed by atoms with Gasteiger partial charge in [0.2, 0.25) is 11.8 Å². The average molecular weight is 517 g/mol. The molecule has 0 radical (unpaired) electrons. The molecule has 0 aromatic rings. The van der Waals surface area contributed by atoms with E-state index in [1.807, 2.05) is 27.7 Å². The summed E-state index contributed by atoms with van der Waals surface area (Å²) in [6, 6.07) is 0. The Kier molecular flexibility index (Phi) is 10.1. The van der Waals surface area contributed by atoms with E-state index < -0.39 is 0 Å². The summed E-state index contributed by atoms with van der Waals surface area (Å²) < 4.78 is 0. The standard InChI is InChI=1S/C20H28N4O4S4/c1-5-21(6-2)13(25)9-11-23-17(29)15(31-19(23)27)16-18(30)24(20(28)32-16)12-10-14(26)22(7-3)8-4/h5-12H2,1-4H3/b16-15+. The van der Waals surface area contributed by atoms with Crippen molar-refractivity contribution in [2.24, 2.45) is 0 Å². The lowest BCUT2D eigenvalue weighted by molar-refractivity contribution is -0.131. The van der Waals surface area contributed by atoms with Crippen LogP contribution in [-0.4, -0.2) is 91.1 Å². The molecule has 0 aromatic carbocycles. The zero-order valence-electron chi connectivity index (χ0n) is 18.7. The van der Waals surface area contributed by atoms with Crippen LogP contribution in [0.3, 0.4) is 0 Å². The Bertz CT molecular complexity index is 785. The molecule has 0 aromatic heterocycles. The smallest absolute Gasteiger partial charge is 0.291 e. The third kappa shape index (κ3) is 5.89. The number of carbonyl (C=O) groups is 4. The molecule has 2 heterocycles. The SMILES string of the molecule is CCN(CC)C(=O)CCN1C(=O)S/C(=C2/SC(=O)N(CCC(=O)N(CC)CC)C2=S)C1=S. The molecule has 2 aliphatic rings. The number of hydrogen-bond acceptors (Lipinski definition) is 8. The maximum atomic E-state index is 12.5. The van der Waals surface area contributed by atoms with Crippen molar-refractivity contribution in [1.82, 2.24) is 19.6 Å². The molecular formula is C20H28N4O4S4. The van der Waals surface area contributed by atoms with Gasteiger partial charge in [0.05, 0.1) is 9.81 Å². The van der Waals surface area contributed by atoms with E-state index >= 15 is 0 Å². The first-order valence-corrected chi connectivity index (χ1v) is 13.0. The molecule has 0 aliphatic carbocycles. The van der Waals surface area contributed by atoms with Gasteiger partial charge in [0.25, 0.3) is 10.5 Å². The predicted molar refractivity (Wildman–Crippen MR) is 137 cm³/mol. The van der Waals surface area contributed by atoms with E-state index in [0.717, 1.165) is 23.5 Å². The molecule has 4 amide bonds. The van der Waals surface area contributed by atoms with Gasteiger partial charge in [-0.1, -0.05) is 24.4 Å². The van der Waals surface area contributed by atoms with Gasteiger partial charge in [-0.15, -0.1) is 0 Å². The second-order valence-corrected chi connectivity index (χ2v) is 9.64. The Hall–Kier alpha value is -1.50. The first-order valence-electron chi connectivity index (χ1n) is 10.6. The van der Waals surface area contributed by atoms with Crippen LogP contribution in [0.25, 0.3) is 0 Å². The molecule has 12 heteroatoms. The molecular weight excluding hydrogens is 489 g/mol. The van der Waals surface area contributed by atoms with Crippen LogP contribution in [0.1, 0.15) is 40.5 Å². The average Bonchev–Trinajstić information content (AvgIpc) is 3.20. The fourth-order valence-electron chi connectivity index (χ4n) is 3.34. The molecule has 8 nitrogen and oxygen atoms in total. The van der Waals surface area contributed by atoms with Gasteiger partial charge in [0, 0.05) is 52.1 Å². The highest BCUT2D eigenvalue weighted by Gasteiger charge is 2.41. The van der Waals surface area contributed by atoms with Crippen LogP contribution in [0, 0.1) is 0 Å². The van der Waals surface area contributed by atoms with Crippen molar-refractivity contribution in [3.63, 3.8) is 0 Å². The van der Waals surface area contributed by atoms with Crippen LogP contribution in [0.15, 0.2) is 9.81 Å². The van der Waals surface area contributed by atoms with Crippen molar-refractivity contribution in [2.75, 3.05) is 39.3 Å². The van der Waals surface area contributed by atoms with Gasteiger partial charge < -0.3 is 9.80 Å². The molecule has 2 fully saturated rings. The normalized spacial score (nSPS) is 18.8. The number of thiocarbonyl (C=S) groups is 2. The lowest BCUT2D eigenvalue weighted by atomic mass is 10.3. The van der Waals surface area contributed by atoms with Crippen LogP contribution >= 0.6 is 48.0 Å². The third-order valence-electron chi connectivity index (χ3n) is 5.24. The van der Waals surface area contributed by atoms with E-state index in [0.29, 0.717) is 36.0 Å². The minimum Gasteiger partial charge on any atom is -0.343 e. The monoisotopic (exact) mass is 516 g/mol. The summed E-state index contributed by atoms with van der Waals surface area (Å²) in [5.74, 6) is -0.0802. The summed E-state index contributed by atoms with van der Waals surface area (Å²) in [7, 11) is 0. The Morgan fingerprint density at radius 1 is 0.719 bits per heavy atom. The maximum Gasteiger partial charge on any atom is 0.291 e. The van der Waals surface area contributed by atoms with E-state index in [1.165, 1.54) is 9.80 Å². The van der Waals surface area contributed by atoms with Gasteiger partial charge in [-0.05, 0) is 51.2 Å². The quantitative estimate of drug-likeness (QED) is 0.321. The van der Waals surface area contributed by atoms with Gasteiger partial charge >= 0.3 is 0 Å². The van der Waals surface area contributed by atoms with Gasteiger partial charge in [-0.3, -0.25) is 29.0 Å². The van der Waals surface area contributed by atoms with Gasteiger partial charge in [0.15, 0.2) is 0 Å². The number of thioether (sulfide) groups is 2. The number of nitrogens with zero attached hydrogens (tertiary/aromatic N) is 4. The molecule has 0 bridgehead atoms. The van der Waals surface area contributed by atoms with Crippen LogP contribution in [0.2, 0.25) is 0 Å². The fraction of sp³-hybridized carbons (Fsp3) is 0.600. The largest absolute Gasteiger partial charge is 0.343 e. The number of carbonyl (C=O) groups excluding carboxylic acids is 4. The van der Waals surface area contributed by atoms with Crippen molar-refractivity contribution in [3.05, 3.63) is 9.81 Å². The summed E-state index contributed by atoms with van der Waals surface area (Å²) >= 11 is 12.8. The van der Waals surface area contributed by atoms with Gasteiger partial charge in [-0.25, -0.2) is 0 Å². The summed E-state index contributed by atoms with van der Waals surface area (Å²) in [5, 5.41) is -0.563. The van der Waals surface area contributed by atoms with E-state index in [2.05, 4.69) is 0 Å². The number of amides is 4. The summed E-state index contributed by atoms with van der Waals surface area (Å²) in [6.45, 7) is 10.4. The lowest BCUT2D eigenvalue weighted by Crippen LogP contribution is -2.36. The maximum absolute atomic E-state index is 12.5. The summed E-state index contributed by atoms with van der Waals surface area (Å²) in [4.78, 5) is 57.4. The molecule has 0 spiro atoms. The molecule has 0 atom stereocenters. The van der Waals surface area contributed by atoms with E-state index in [9.17, 15) is 19.2 Å². The number of rotatable bonds is 10. The first-order chi connectivity index (χ1) is 15.2. The molecule has 2 rings (SSSR count). The highest BCUT2D eigenvalue weighted by molar-refractivity contribution is 8.23. The predicted octanol–water partition coefficient (Wildman–Crippen LogP) is 3.71. The van der Waals surface area contributed by atoms with Crippen LogP contribution < -0.4 is 0 Å². The highest BCUT2D eigenvalue weighted by Crippen LogP contribution is 2.43. The second kappa shape index (κ2) is 12.1. The minimum absolute atomic E-state index is 0.0401. The van der Waals surface area contributed by atoms with Crippen molar-refractivity contribution < 1.29 is 19.2 Å². The Balaban J connectivity index is 2.08. The Morgan fingerprint density at radius 3 is 1.31 bits per heavy atom. The topological polar surface area (TPSA) is 81.2 Å². The van der Waals surface area contributed by atoms with E-state index in [1.54, 1.807) is 9.80 Å².